The lowest BCUT2D eigenvalue weighted by Crippen LogP contribution is -2.08. The van der Waals surface area contributed by atoms with Gasteiger partial charge in [0.15, 0.2) is 11.5 Å². The number of carbonyl (C=O) groups excluding carboxylic acids is 1. The largest absolute Gasteiger partial charge is 0.504 e. The molecule has 0 spiro atoms. The van der Waals surface area contributed by atoms with Crippen LogP contribution in [0.2, 0.25) is 0 Å². The van der Waals surface area contributed by atoms with E-state index in [-0.39, 0.29) is 17.4 Å². The van der Waals surface area contributed by atoms with Crippen LogP contribution >= 0.6 is 0 Å². The molecule has 1 rings (SSSR count). The van der Waals surface area contributed by atoms with Crippen molar-refractivity contribution in [3.05, 3.63) is 46.6 Å². The summed E-state index contributed by atoms with van der Waals surface area (Å²) in [6, 6.07) is 3.80. The van der Waals surface area contributed by atoms with Gasteiger partial charge < -0.3 is 9.84 Å². The fourth-order valence-corrected chi connectivity index (χ4v) is 2.32. The van der Waals surface area contributed by atoms with Gasteiger partial charge in [-0.3, -0.25) is 0 Å². The minimum atomic E-state index is -0.455. The van der Waals surface area contributed by atoms with Gasteiger partial charge in [0.05, 0.1) is 0 Å². The van der Waals surface area contributed by atoms with E-state index in [1.165, 1.54) is 11.6 Å². The van der Waals surface area contributed by atoms with Crippen LogP contribution in [0.1, 0.15) is 64.5 Å². The lowest BCUT2D eigenvalue weighted by molar-refractivity contribution is -0.129. The molecule has 0 aliphatic rings. The van der Waals surface area contributed by atoms with Crippen LogP contribution in [-0.2, 0) is 4.79 Å². The van der Waals surface area contributed by atoms with Crippen LogP contribution in [-0.4, -0.2) is 11.1 Å². The Kier molecular flexibility index (Phi) is 7.08. The maximum absolute atomic E-state index is 11.9. The van der Waals surface area contributed by atoms with E-state index in [4.69, 9.17) is 4.74 Å². The summed E-state index contributed by atoms with van der Waals surface area (Å²) < 4.78 is 5.44. The first-order chi connectivity index (χ1) is 10.7. The standard InChI is InChI=1S/C20H28O3/c1-13(2)8-7-9-15(5)17-11-10-16(6)19(22)20(17)23-18(21)12-14(3)4/h8,10-12,15,22H,7,9H2,1-6H3/t15-/m0/s1. The van der Waals surface area contributed by atoms with Crippen molar-refractivity contribution < 1.29 is 14.6 Å². The molecular weight excluding hydrogens is 288 g/mol. The fraction of sp³-hybridized carbons (Fsp3) is 0.450. The quantitative estimate of drug-likeness (QED) is 0.330. The smallest absolute Gasteiger partial charge is 0.336 e. The van der Waals surface area contributed by atoms with Crippen molar-refractivity contribution >= 4 is 5.97 Å². The molecule has 1 N–H and O–H groups in total. The maximum atomic E-state index is 11.9. The highest BCUT2D eigenvalue weighted by Gasteiger charge is 2.19. The van der Waals surface area contributed by atoms with Crippen LogP contribution in [0.3, 0.4) is 0 Å². The third-order valence-electron chi connectivity index (χ3n) is 3.66. The lowest BCUT2D eigenvalue weighted by atomic mass is 9.93. The Morgan fingerprint density at radius 2 is 1.87 bits per heavy atom. The van der Waals surface area contributed by atoms with E-state index in [2.05, 4.69) is 26.8 Å². The number of hydrogen-bond acceptors (Lipinski definition) is 3. The van der Waals surface area contributed by atoms with Gasteiger partial charge >= 0.3 is 5.97 Å². The van der Waals surface area contributed by atoms with E-state index in [1.54, 1.807) is 6.92 Å². The molecule has 126 valence electrons. The number of ether oxygens (including phenoxy) is 1. The summed E-state index contributed by atoms with van der Waals surface area (Å²) in [5, 5.41) is 10.3. The highest BCUT2D eigenvalue weighted by molar-refractivity contribution is 5.85. The summed E-state index contributed by atoms with van der Waals surface area (Å²) >= 11 is 0. The Morgan fingerprint density at radius 3 is 2.43 bits per heavy atom. The third kappa shape index (κ3) is 5.93. The number of allylic oxidation sites excluding steroid dienone is 3. The first kappa shape index (κ1) is 19.0. The van der Waals surface area contributed by atoms with Gasteiger partial charge in [-0.25, -0.2) is 4.79 Å². The average Bonchev–Trinajstić information content (AvgIpc) is 2.42. The molecule has 23 heavy (non-hydrogen) atoms. The second kappa shape index (κ2) is 8.56. The monoisotopic (exact) mass is 316 g/mol. The molecule has 1 atom stereocenters. The Labute approximate surface area is 139 Å². The third-order valence-corrected chi connectivity index (χ3v) is 3.66. The Bertz CT molecular complexity index is 616. The normalized spacial score (nSPS) is 11.6. The molecule has 0 fully saturated rings. The van der Waals surface area contributed by atoms with Gasteiger partial charge in [-0.1, -0.05) is 36.3 Å². The molecule has 1 aromatic rings. The number of esters is 1. The number of hydrogen-bond donors (Lipinski definition) is 1. The molecule has 0 bridgehead atoms. The Hall–Kier alpha value is -2.03. The number of phenols is 1. The molecule has 0 aromatic heterocycles. The molecule has 3 nitrogen and oxygen atoms in total. The van der Waals surface area contributed by atoms with Crippen molar-refractivity contribution in [2.24, 2.45) is 0 Å². The lowest BCUT2D eigenvalue weighted by Gasteiger charge is -2.17. The first-order valence-electron chi connectivity index (χ1n) is 8.05. The number of phenolic OH excluding ortho intramolecular Hbond substituents is 1. The van der Waals surface area contributed by atoms with Crippen LogP contribution in [0.5, 0.6) is 11.5 Å². The number of aryl methyl sites for hydroxylation is 1. The summed E-state index contributed by atoms with van der Waals surface area (Å²) in [5.41, 5.74) is 3.72. The van der Waals surface area contributed by atoms with Gasteiger partial charge in [0, 0.05) is 11.6 Å². The van der Waals surface area contributed by atoms with Gasteiger partial charge in [0.25, 0.3) is 0 Å². The number of benzene rings is 1. The zero-order valence-electron chi connectivity index (χ0n) is 15.1. The average molecular weight is 316 g/mol. The molecule has 0 aliphatic carbocycles. The first-order valence-corrected chi connectivity index (χ1v) is 8.05. The second-order valence-corrected chi connectivity index (χ2v) is 6.55. The molecule has 3 heteroatoms. The van der Waals surface area contributed by atoms with Gasteiger partial charge in [0.1, 0.15) is 0 Å². The van der Waals surface area contributed by atoms with Crippen molar-refractivity contribution in [3.8, 4) is 11.5 Å². The van der Waals surface area contributed by atoms with Crippen LogP contribution < -0.4 is 4.74 Å². The van der Waals surface area contributed by atoms with E-state index in [9.17, 15) is 9.90 Å². The molecule has 0 amide bonds. The van der Waals surface area contributed by atoms with Crippen LogP contribution in [0, 0.1) is 6.92 Å². The molecule has 0 radical (unpaired) electrons. The van der Waals surface area contributed by atoms with Gasteiger partial charge in [-0.2, -0.15) is 0 Å². The molecule has 0 saturated carbocycles. The van der Waals surface area contributed by atoms with E-state index in [0.717, 1.165) is 24.0 Å². The van der Waals surface area contributed by atoms with Crippen molar-refractivity contribution in [3.63, 3.8) is 0 Å². The second-order valence-electron chi connectivity index (χ2n) is 6.55. The predicted molar refractivity (Wildman–Crippen MR) is 95.0 cm³/mol. The van der Waals surface area contributed by atoms with E-state index >= 15 is 0 Å². The number of rotatable bonds is 6. The van der Waals surface area contributed by atoms with Gasteiger partial charge in [-0.05, 0) is 58.9 Å². The van der Waals surface area contributed by atoms with Crippen molar-refractivity contribution in [1.29, 1.82) is 0 Å². The molecular formula is C20H28O3. The summed E-state index contributed by atoms with van der Waals surface area (Å²) in [6.07, 6.45) is 5.51. The molecule has 0 saturated heterocycles. The Morgan fingerprint density at radius 1 is 1.22 bits per heavy atom. The van der Waals surface area contributed by atoms with Crippen molar-refractivity contribution in [1.82, 2.24) is 0 Å². The number of aromatic hydroxyl groups is 1. The number of carbonyl (C=O) groups is 1. The van der Waals surface area contributed by atoms with Gasteiger partial charge in [0.2, 0.25) is 0 Å². The van der Waals surface area contributed by atoms with E-state index in [0.29, 0.717) is 5.56 Å². The van der Waals surface area contributed by atoms with Crippen LogP contribution in [0.25, 0.3) is 0 Å². The SMILES string of the molecule is CC(C)=CCC[C@H](C)c1ccc(C)c(O)c1OC(=O)C=C(C)C. The van der Waals surface area contributed by atoms with Crippen molar-refractivity contribution in [2.45, 2.75) is 60.3 Å². The predicted octanol–water partition coefficient (Wildman–Crippen LogP) is 5.42. The highest BCUT2D eigenvalue weighted by Crippen LogP contribution is 2.39. The van der Waals surface area contributed by atoms with E-state index in [1.807, 2.05) is 26.0 Å². The fourth-order valence-electron chi connectivity index (χ4n) is 2.32. The zero-order valence-corrected chi connectivity index (χ0v) is 15.1. The van der Waals surface area contributed by atoms with Crippen LogP contribution in [0.15, 0.2) is 35.4 Å². The summed E-state index contributed by atoms with van der Waals surface area (Å²) in [7, 11) is 0. The molecule has 0 unspecified atom stereocenters. The topological polar surface area (TPSA) is 46.5 Å². The van der Waals surface area contributed by atoms with Gasteiger partial charge in [-0.15, -0.1) is 0 Å². The zero-order chi connectivity index (χ0) is 17.6. The molecule has 0 heterocycles. The molecule has 1 aromatic carbocycles. The van der Waals surface area contributed by atoms with E-state index < -0.39 is 5.97 Å². The van der Waals surface area contributed by atoms with Crippen LogP contribution in [0.4, 0.5) is 0 Å². The minimum absolute atomic E-state index is 0.0482. The maximum Gasteiger partial charge on any atom is 0.336 e. The summed E-state index contributed by atoms with van der Waals surface area (Å²) in [4.78, 5) is 11.9. The highest BCUT2D eigenvalue weighted by atomic mass is 16.5. The Balaban J connectivity index is 3.07. The van der Waals surface area contributed by atoms with Crippen molar-refractivity contribution in [2.75, 3.05) is 0 Å². The summed E-state index contributed by atoms with van der Waals surface area (Å²) in [6.45, 7) is 11.7. The molecule has 0 aliphatic heterocycles. The minimum Gasteiger partial charge on any atom is -0.504 e. The summed E-state index contributed by atoms with van der Waals surface area (Å²) in [5.74, 6) is 0.0690.